The number of benzene rings is 1. The first-order chi connectivity index (χ1) is 7.65. The van der Waals surface area contributed by atoms with Gasteiger partial charge in [-0.1, -0.05) is 23.4 Å². The topological polar surface area (TPSA) is 12.9 Å². The molecular weight excluding hydrogens is 252 g/mol. The highest BCUT2D eigenvalue weighted by molar-refractivity contribution is 7.99. The van der Waals surface area contributed by atoms with Crippen LogP contribution in [0.1, 0.15) is 0 Å². The van der Waals surface area contributed by atoms with Crippen molar-refractivity contribution in [3.63, 3.8) is 0 Å². The molecule has 0 radical (unpaired) electrons. The molecule has 0 spiro atoms. The predicted molar refractivity (Wildman–Crippen MR) is 59.7 cm³/mol. The lowest BCUT2D eigenvalue weighted by molar-refractivity contribution is 0.565. The van der Waals surface area contributed by atoms with E-state index in [0.717, 1.165) is 17.8 Å². The zero-order valence-electron chi connectivity index (χ0n) is 7.95. The SMILES string of the molecule is Fc1ccc(Sc2ccc(Cl)cn2)c(F)c1. The Morgan fingerprint density at radius 1 is 1.12 bits per heavy atom. The van der Waals surface area contributed by atoms with E-state index in [1.165, 1.54) is 18.3 Å². The van der Waals surface area contributed by atoms with Crippen LogP contribution in [-0.4, -0.2) is 4.98 Å². The van der Waals surface area contributed by atoms with E-state index in [1.54, 1.807) is 12.1 Å². The number of rotatable bonds is 2. The van der Waals surface area contributed by atoms with Gasteiger partial charge in [0.1, 0.15) is 16.7 Å². The molecule has 0 saturated heterocycles. The van der Waals surface area contributed by atoms with Gasteiger partial charge in [-0.3, -0.25) is 0 Å². The van der Waals surface area contributed by atoms with Crippen molar-refractivity contribution < 1.29 is 8.78 Å². The summed E-state index contributed by atoms with van der Waals surface area (Å²) in [5.41, 5.74) is 0. The van der Waals surface area contributed by atoms with Gasteiger partial charge in [0.2, 0.25) is 0 Å². The molecule has 0 bridgehead atoms. The summed E-state index contributed by atoms with van der Waals surface area (Å²) in [6, 6.07) is 6.78. The van der Waals surface area contributed by atoms with Gasteiger partial charge in [-0.15, -0.1) is 0 Å². The lowest BCUT2D eigenvalue weighted by Crippen LogP contribution is -1.85. The van der Waals surface area contributed by atoms with Crippen LogP contribution in [0.4, 0.5) is 8.78 Å². The quantitative estimate of drug-likeness (QED) is 0.801. The molecule has 1 aromatic carbocycles. The maximum absolute atomic E-state index is 13.3. The van der Waals surface area contributed by atoms with Gasteiger partial charge in [0.25, 0.3) is 0 Å². The van der Waals surface area contributed by atoms with Gasteiger partial charge in [-0.25, -0.2) is 13.8 Å². The number of pyridine rings is 1. The van der Waals surface area contributed by atoms with E-state index < -0.39 is 11.6 Å². The van der Waals surface area contributed by atoms with E-state index in [0.29, 0.717) is 14.9 Å². The van der Waals surface area contributed by atoms with E-state index in [1.807, 2.05) is 0 Å². The number of hydrogen-bond acceptors (Lipinski definition) is 2. The Morgan fingerprint density at radius 2 is 1.94 bits per heavy atom. The van der Waals surface area contributed by atoms with Gasteiger partial charge in [0, 0.05) is 17.2 Å². The smallest absolute Gasteiger partial charge is 0.140 e. The first-order valence-electron chi connectivity index (χ1n) is 4.39. The highest BCUT2D eigenvalue weighted by Gasteiger charge is 2.06. The third-order valence-corrected chi connectivity index (χ3v) is 3.03. The van der Waals surface area contributed by atoms with Crippen LogP contribution in [0.2, 0.25) is 5.02 Å². The second-order valence-electron chi connectivity index (χ2n) is 2.99. The summed E-state index contributed by atoms with van der Waals surface area (Å²) in [5.74, 6) is -1.19. The minimum absolute atomic E-state index is 0.330. The van der Waals surface area contributed by atoms with Gasteiger partial charge in [0.05, 0.1) is 5.02 Å². The third kappa shape index (κ3) is 2.71. The highest BCUT2D eigenvalue weighted by atomic mass is 35.5. The van der Waals surface area contributed by atoms with Crippen molar-refractivity contribution in [3.8, 4) is 0 Å². The van der Waals surface area contributed by atoms with E-state index in [9.17, 15) is 8.78 Å². The summed E-state index contributed by atoms with van der Waals surface area (Å²) in [6.45, 7) is 0. The molecule has 2 rings (SSSR count). The molecule has 16 heavy (non-hydrogen) atoms. The molecule has 0 unspecified atom stereocenters. The number of halogens is 3. The molecule has 0 N–H and O–H groups in total. The van der Waals surface area contributed by atoms with Crippen LogP contribution in [-0.2, 0) is 0 Å². The number of aromatic nitrogens is 1. The van der Waals surface area contributed by atoms with E-state index >= 15 is 0 Å². The summed E-state index contributed by atoms with van der Waals surface area (Å²) in [7, 11) is 0. The zero-order chi connectivity index (χ0) is 11.5. The Kier molecular flexibility index (Phi) is 3.41. The van der Waals surface area contributed by atoms with Crippen molar-refractivity contribution >= 4 is 23.4 Å². The monoisotopic (exact) mass is 257 g/mol. The molecule has 0 amide bonds. The standard InChI is InChI=1S/C11H6ClF2NS/c12-7-1-4-11(15-6-7)16-10-3-2-8(13)5-9(10)14/h1-6H. The Hall–Kier alpha value is -1.13. The predicted octanol–water partition coefficient (Wildman–Crippen LogP) is 4.16. The van der Waals surface area contributed by atoms with Crippen LogP contribution in [0, 0.1) is 11.6 Å². The van der Waals surface area contributed by atoms with Crippen LogP contribution in [0.3, 0.4) is 0 Å². The highest BCUT2D eigenvalue weighted by Crippen LogP contribution is 2.28. The molecule has 1 aromatic heterocycles. The van der Waals surface area contributed by atoms with E-state index in [-0.39, 0.29) is 0 Å². The molecule has 5 heteroatoms. The van der Waals surface area contributed by atoms with Crippen LogP contribution in [0.25, 0.3) is 0 Å². The first-order valence-corrected chi connectivity index (χ1v) is 5.59. The van der Waals surface area contributed by atoms with Crippen molar-refractivity contribution in [1.82, 2.24) is 4.98 Å². The lowest BCUT2D eigenvalue weighted by atomic mass is 10.3. The largest absolute Gasteiger partial charge is 0.248 e. The second kappa shape index (κ2) is 4.80. The number of hydrogen-bond donors (Lipinski definition) is 0. The molecule has 82 valence electrons. The minimum atomic E-state index is -0.596. The number of nitrogens with zero attached hydrogens (tertiary/aromatic N) is 1. The summed E-state index contributed by atoms with van der Waals surface area (Å²) in [6.07, 6.45) is 1.48. The van der Waals surface area contributed by atoms with Gasteiger partial charge in [-0.2, -0.15) is 0 Å². The van der Waals surface area contributed by atoms with Crippen molar-refractivity contribution in [3.05, 3.63) is 53.2 Å². The minimum Gasteiger partial charge on any atom is -0.248 e. The van der Waals surface area contributed by atoms with Gasteiger partial charge < -0.3 is 0 Å². The summed E-state index contributed by atoms with van der Waals surface area (Å²) in [5, 5.41) is 1.12. The second-order valence-corrected chi connectivity index (χ2v) is 4.49. The van der Waals surface area contributed by atoms with Crippen molar-refractivity contribution in [2.24, 2.45) is 0 Å². The lowest BCUT2D eigenvalue weighted by Gasteiger charge is -2.02. The molecular formula is C11H6ClF2NS. The summed E-state index contributed by atoms with van der Waals surface area (Å²) < 4.78 is 26.0. The molecule has 1 heterocycles. The molecule has 0 aliphatic heterocycles. The molecule has 2 aromatic rings. The zero-order valence-corrected chi connectivity index (χ0v) is 9.53. The summed E-state index contributed by atoms with van der Waals surface area (Å²) >= 11 is 6.79. The fraction of sp³-hybridized carbons (Fsp3) is 0. The molecule has 0 aliphatic rings. The van der Waals surface area contributed by atoms with E-state index in [4.69, 9.17) is 11.6 Å². The molecule has 0 atom stereocenters. The Balaban J connectivity index is 2.23. The van der Waals surface area contributed by atoms with E-state index in [2.05, 4.69) is 4.98 Å². The van der Waals surface area contributed by atoms with Crippen LogP contribution < -0.4 is 0 Å². The average Bonchev–Trinajstić information content (AvgIpc) is 2.25. The molecule has 0 aliphatic carbocycles. The van der Waals surface area contributed by atoms with Crippen molar-refractivity contribution in [1.29, 1.82) is 0 Å². The maximum atomic E-state index is 13.3. The Bertz CT molecular complexity index is 502. The Morgan fingerprint density at radius 3 is 2.56 bits per heavy atom. The molecule has 0 fully saturated rings. The Labute approximate surface area is 100 Å². The fourth-order valence-corrected chi connectivity index (χ4v) is 1.96. The normalized spacial score (nSPS) is 10.4. The van der Waals surface area contributed by atoms with Crippen LogP contribution in [0.5, 0.6) is 0 Å². The molecule has 0 saturated carbocycles. The van der Waals surface area contributed by atoms with Gasteiger partial charge in [0.15, 0.2) is 0 Å². The van der Waals surface area contributed by atoms with Crippen LogP contribution in [0.15, 0.2) is 46.5 Å². The van der Waals surface area contributed by atoms with Gasteiger partial charge in [-0.05, 0) is 24.3 Å². The summed E-state index contributed by atoms with van der Waals surface area (Å²) in [4.78, 5) is 4.34. The first kappa shape index (κ1) is 11.4. The van der Waals surface area contributed by atoms with Crippen molar-refractivity contribution in [2.75, 3.05) is 0 Å². The van der Waals surface area contributed by atoms with Crippen molar-refractivity contribution in [2.45, 2.75) is 9.92 Å². The van der Waals surface area contributed by atoms with Gasteiger partial charge >= 0.3 is 0 Å². The third-order valence-electron chi connectivity index (χ3n) is 1.81. The van der Waals surface area contributed by atoms with Crippen LogP contribution >= 0.6 is 23.4 Å². The molecule has 1 nitrogen and oxygen atoms in total. The fourth-order valence-electron chi connectivity index (χ4n) is 1.09. The average molecular weight is 258 g/mol. The maximum Gasteiger partial charge on any atom is 0.140 e.